The highest BCUT2D eigenvalue weighted by Crippen LogP contribution is 2.14. The number of methoxy groups -OCH3 is 1. The van der Waals surface area contributed by atoms with E-state index in [1.54, 1.807) is 7.11 Å². The molecule has 0 N–H and O–H groups in total. The molecule has 0 radical (unpaired) electrons. The lowest BCUT2D eigenvalue weighted by atomic mass is 9.98. The summed E-state index contributed by atoms with van der Waals surface area (Å²) in [6.45, 7) is 5.43. The van der Waals surface area contributed by atoms with Gasteiger partial charge in [-0.05, 0) is 12.3 Å². The van der Waals surface area contributed by atoms with E-state index in [1.165, 1.54) is 25.7 Å². The summed E-state index contributed by atoms with van der Waals surface area (Å²) >= 11 is 0. The van der Waals surface area contributed by atoms with E-state index in [-0.39, 0.29) is 0 Å². The molecular weight excluding hydrogens is 124 g/mol. The molecule has 0 aliphatic rings. The first-order chi connectivity index (χ1) is 4.85. The van der Waals surface area contributed by atoms with Crippen LogP contribution in [0.25, 0.3) is 0 Å². The van der Waals surface area contributed by atoms with Crippen molar-refractivity contribution in [2.45, 2.75) is 39.5 Å². The molecule has 0 bridgehead atoms. The van der Waals surface area contributed by atoms with Crippen molar-refractivity contribution < 1.29 is 4.74 Å². The molecule has 0 spiro atoms. The highest BCUT2D eigenvalue weighted by Gasteiger charge is 2.02. The standard InChI is InChI=1S/C9H20O/c1-4-6-9(5-2)7-8-10-3/h9H,4-8H2,1-3H3. The van der Waals surface area contributed by atoms with Gasteiger partial charge in [0, 0.05) is 13.7 Å². The summed E-state index contributed by atoms with van der Waals surface area (Å²) in [4.78, 5) is 0. The Morgan fingerprint density at radius 2 is 1.90 bits per heavy atom. The Bertz CT molecular complexity index is 61.7. The van der Waals surface area contributed by atoms with E-state index in [4.69, 9.17) is 4.74 Å². The third-order valence-corrected chi connectivity index (χ3v) is 2.00. The van der Waals surface area contributed by atoms with Crippen LogP contribution in [0.15, 0.2) is 0 Å². The minimum absolute atomic E-state index is 0.893. The normalized spacial score (nSPS) is 13.5. The average Bonchev–Trinajstić information content (AvgIpc) is 1.98. The molecule has 62 valence electrons. The molecule has 0 aromatic heterocycles. The van der Waals surface area contributed by atoms with Gasteiger partial charge in [0.2, 0.25) is 0 Å². The van der Waals surface area contributed by atoms with Crippen LogP contribution in [0.3, 0.4) is 0 Å². The van der Waals surface area contributed by atoms with Gasteiger partial charge in [-0.2, -0.15) is 0 Å². The van der Waals surface area contributed by atoms with E-state index in [9.17, 15) is 0 Å². The van der Waals surface area contributed by atoms with Crippen molar-refractivity contribution in [1.82, 2.24) is 0 Å². The SMILES string of the molecule is CCCC(CC)CCOC. The summed E-state index contributed by atoms with van der Waals surface area (Å²) in [5.41, 5.74) is 0. The van der Waals surface area contributed by atoms with Crippen LogP contribution in [0.1, 0.15) is 39.5 Å². The van der Waals surface area contributed by atoms with Gasteiger partial charge in [-0.1, -0.05) is 33.1 Å². The molecule has 0 aliphatic carbocycles. The van der Waals surface area contributed by atoms with Crippen LogP contribution in [0.5, 0.6) is 0 Å². The molecule has 1 unspecified atom stereocenters. The van der Waals surface area contributed by atoms with Gasteiger partial charge < -0.3 is 4.74 Å². The van der Waals surface area contributed by atoms with E-state index < -0.39 is 0 Å². The molecule has 1 heteroatoms. The second-order valence-corrected chi connectivity index (χ2v) is 2.84. The van der Waals surface area contributed by atoms with E-state index in [0.29, 0.717) is 0 Å². The maximum atomic E-state index is 5.02. The molecule has 0 fully saturated rings. The van der Waals surface area contributed by atoms with Crippen molar-refractivity contribution in [2.75, 3.05) is 13.7 Å². The molecule has 1 nitrogen and oxygen atoms in total. The van der Waals surface area contributed by atoms with Gasteiger partial charge in [-0.25, -0.2) is 0 Å². The number of hydrogen-bond acceptors (Lipinski definition) is 1. The molecule has 0 rings (SSSR count). The van der Waals surface area contributed by atoms with Crippen LogP contribution >= 0.6 is 0 Å². The van der Waals surface area contributed by atoms with Crippen molar-refractivity contribution in [3.05, 3.63) is 0 Å². The first-order valence-corrected chi connectivity index (χ1v) is 4.34. The molecule has 0 aromatic rings. The summed E-state index contributed by atoms with van der Waals surface area (Å²) in [6.07, 6.45) is 5.21. The highest BCUT2D eigenvalue weighted by molar-refractivity contribution is 4.55. The van der Waals surface area contributed by atoms with Crippen molar-refractivity contribution in [3.8, 4) is 0 Å². The van der Waals surface area contributed by atoms with E-state index in [2.05, 4.69) is 13.8 Å². The lowest BCUT2D eigenvalue weighted by Gasteiger charge is -2.11. The lowest BCUT2D eigenvalue weighted by Crippen LogP contribution is -2.02. The fourth-order valence-electron chi connectivity index (χ4n) is 1.25. The van der Waals surface area contributed by atoms with Crippen LogP contribution in [-0.4, -0.2) is 13.7 Å². The lowest BCUT2D eigenvalue weighted by molar-refractivity contribution is 0.173. The fraction of sp³-hybridized carbons (Fsp3) is 1.00. The number of rotatable bonds is 6. The summed E-state index contributed by atoms with van der Waals surface area (Å²) in [7, 11) is 1.78. The summed E-state index contributed by atoms with van der Waals surface area (Å²) in [5.74, 6) is 0.893. The van der Waals surface area contributed by atoms with Gasteiger partial charge in [0.1, 0.15) is 0 Å². The Kier molecular flexibility index (Phi) is 7.04. The van der Waals surface area contributed by atoms with Crippen LogP contribution in [0.4, 0.5) is 0 Å². The van der Waals surface area contributed by atoms with Crippen LogP contribution < -0.4 is 0 Å². The first-order valence-electron chi connectivity index (χ1n) is 4.34. The van der Waals surface area contributed by atoms with E-state index in [1.807, 2.05) is 0 Å². The van der Waals surface area contributed by atoms with Gasteiger partial charge in [-0.15, -0.1) is 0 Å². The third-order valence-electron chi connectivity index (χ3n) is 2.00. The predicted molar refractivity (Wildman–Crippen MR) is 45.2 cm³/mol. The van der Waals surface area contributed by atoms with Crippen molar-refractivity contribution >= 4 is 0 Å². The van der Waals surface area contributed by atoms with Crippen molar-refractivity contribution in [1.29, 1.82) is 0 Å². The maximum absolute atomic E-state index is 5.02. The Labute approximate surface area is 64.8 Å². The Balaban J connectivity index is 3.21. The zero-order valence-electron chi connectivity index (χ0n) is 7.52. The molecular formula is C9H20O. The minimum Gasteiger partial charge on any atom is -0.385 e. The zero-order valence-corrected chi connectivity index (χ0v) is 7.52. The molecule has 0 saturated heterocycles. The second-order valence-electron chi connectivity index (χ2n) is 2.84. The number of ether oxygens (including phenoxy) is 1. The Morgan fingerprint density at radius 1 is 1.20 bits per heavy atom. The summed E-state index contributed by atoms with van der Waals surface area (Å²) in [6, 6.07) is 0. The average molecular weight is 144 g/mol. The van der Waals surface area contributed by atoms with Gasteiger partial charge in [0.05, 0.1) is 0 Å². The minimum atomic E-state index is 0.893. The molecule has 0 amide bonds. The monoisotopic (exact) mass is 144 g/mol. The summed E-state index contributed by atoms with van der Waals surface area (Å²) < 4.78 is 5.02. The quantitative estimate of drug-likeness (QED) is 0.557. The molecule has 0 saturated carbocycles. The second kappa shape index (κ2) is 7.07. The van der Waals surface area contributed by atoms with Gasteiger partial charge in [0.25, 0.3) is 0 Å². The molecule has 0 heterocycles. The topological polar surface area (TPSA) is 9.23 Å². The Morgan fingerprint density at radius 3 is 2.30 bits per heavy atom. The maximum Gasteiger partial charge on any atom is 0.0464 e. The summed E-state index contributed by atoms with van der Waals surface area (Å²) in [5, 5.41) is 0. The molecule has 10 heavy (non-hydrogen) atoms. The van der Waals surface area contributed by atoms with Gasteiger partial charge in [0.15, 0.2) is 0 Å². The smallest absolute Gasteiger partial charge is 0.0464 e. The van der Waals surface area contributed by atoms with Crippen LogP contribution in [0, 0.1) is 5.92 Å². The van der Waals surface area contributed by atoms with Gasteiger partial charge in [-0.3, -0.25) is 0 Å². The third kappa shape index (κ3) is 4.80. The van der Waals surface area contributed by atoms with Crippen molar-refractivity contribution in [2.24, 2.45) is 5.92 Å². The molecule has 0 aromatic carbocycles. The van der Waals surface area contributed by atoms with E-state index >= 15 is 0 Å². The van der Waals surface area contributed by atoms with Crippen LogP contribution in [0.2, 0.25) is 0 Å². The van der Waals surface area contributed by atoms with Crippen LogP contribution in [-0.2, 0) is 4.74 Å². The van der Waals surface area contributed by atoms with E-state index in [0.717, 1.165) is 12.5 Å². The van der Waals surface area contributed by atoms with Gasteiger partial charge >= 0.3 is 0 Å². The first kappa shape index (κ1) is 9.96. The largest absolute Gasteiger partial charge is 0.385 e. The van der Waals surface area contributed by atoms with Crippen molar-refractivity contribution in [3.63, 3.8) is 0 Å². The molecule has 0 aliphatic heterocycles. The Hall–Kier alpha value is -0.0400. The number of hydrogen-bond donors (Lipinski definition) is 0. The zero-order chi connectivity index (χ0) is 7.82. The molecule has 1 atom stereocenters. The fourth-order valence-corrected chi connectivity index (χ4v) is 1.25. The predicted octanol–water partition coefficient (Wildman–Crippen LogP) is 2.85. The highest BCUT2D eigenvalue weighted by atomic mass is 16.5.